The number of ether oxygens (including phenoxy) is 2. The van der Waals surface area contributed by atoms with E-state index in [1.165, 1.54) is 4.88 Å². The minimum atomic E-state index is 0.695. The van der Waals surface area contributed by atoms with Crippen LogP contribution in [0.5, 0.6) is 0 Å². The molecule has 1 rings (SSSR count). The van der Waals surface area contributed by atoms with Crippen LogP contribution in [0.3, 0.4) is 0 Å². The fourth-order valence-corrected chi connectivity index (χ4v) is 2.01. The Hall–Kier alpha value is -0.420. The lowest BCUT2D eigenvalue weighted by Gasteiger charge is -2.05. The molecular formula is C12H21NO2S. The first kappa shape index (κ1) is 13.6. The van der Waals surface area contributed by atoms with Gasteiger partial charge in [0.2, 0.25) is 0 Å². The summed E-state index contributed by atoms with van der Waals surface area (Å²) in [6.07, 6.45) is 1.11. The van der Waals surface area contributed by atoms with Gasteiger partial charge in [-0.3, -0.25) is 0 Å². The summed E-state index contributed by atoms with van der Waals surface area (Å²) >= 11 is 1.81. The molecule has 3 nitrogen and oxygen atoms in total. The summed E-state index contributed by atoms with van der Waals surface area (Å²) in [6.45, 7) is 6.85. The third-order valence-corrected chi connectivity index (χ3v) is 3.06. The molecular weight excluding hydrogens is 222 g/mol. The van der Waals surface area contributed by atoms with Gasteiger partial charge in [0, 0.05) is 24.6 Å². The lowest BCUT2D eigenvalue weighted by Crippen LogP contribution is -2.22. The van der Waals surface area contributed by atoms with Crippen molar-refractivity contribution in [2.24, 2.45) is 0 Å². The summed E-state index contributed by atoms with van der Waals surface area (Å²) < 4.78 is 10.6. The van der Waals surface area contributed by atoms with Gasteiger partial charge in [0.15, 0.2) is 0 Å². The van der Waals surface area contributed by atoms with Gasteiger partial charge >= 0.3 is 0 Å². The van der Waals surface area contributed by atoms with Crippen LogP contribution in [0.15, 0.2) is 17.5 Å². The molecule has 0 aliphatic heterocycles. The standard InChI is InChI=1S/C12H21NO2S/c1-2-14-9-10-15-8-7-13-6-5-12-4-3-11-16-12/h3-4,11,13H,2,5-10H2,1H3. The second kappa shape index (κ2) is 9.78. The van der Waals surface area contributed by atoms with E-state index in [9.17, 15) is 0 Å². The van der Waals surface area contributed by atoms with E-state index in [2.05, 4.69) is 22.8 Å². The number of nitrogens with one attached hydrogen (secondary N) is 1. The Labute approximate surface area is 102 Å². The van der Waals surface area contributed by atoms with E-state index in [0.29, 0.717) is 13.2 Å². The van der Waals surface area contributed by atoms with Crippen molar-refractivity contribution in [3.8, 4) is 0 Å². The van der Waals surface area contributed by atoms with E-state index in [0.717, 1.165) is 32.7 Å². The lowest BCUT2D eigenvalue weighted by atomic mass is 10.3. The van der Waals surface area contributed by atoms with Crippen molar-refractivity contribution in [3.05, 3.63) is 22.4 Å². The predicted molar refractivity (Wildman–Crippen MR) is 68.2 cm³/mol. The minimum absolute atomic E-state index is 0.695. The molecule has 0 saturated carbocycles. The summed E-state index contributed by atoms with van der Waals surface area (Å²) in [4.78, 5) is 1.43. The maximum atomic E-state index is 5.39. The van der Waals surface area contributed by atoms with Gasteiger partial charge in [-0.05, 0) is 24.8 Å². The molecule has 1 aromatic heterocycles. The van der Waals surface area contributed by atoms with Crippen LogP contribution in [0.25, 0.3) is 0 Å². The highest BCUT2D eigenvalue weighted by Gasteiger charge is 1.93. The van der Waals surface area contributed by atoms with Gasteiger partial charge in [0.05, 0.1) is 19.8 Å². The van der Waals surface area contributed by atoms with Crippen molar-refractivity contribution in [2.45, 2.75) is 13.3 Å². The van der Waals surface area contributed by atoms with Gasteiger partial charge in [0.1, 0.15) is 0 Å². The molecule has 92 valence electrons. The average molecular weight is 243 g/mol. The molecule has 0 fully saturated rings. The molecule has 0 bridgehead atoms. The van der Waals surface area contributed by atoms with Gasteiger partial charge < -0.3 is 14.8 Å². The molecule has 0 amide bonds. The van der Waals surface area contributed by atoms with E-state index >= 15 is 0 Å². The predicted octanol–water partition coefficient (Wildman–Crippen LogP) is 1.93. The van der Waals surface area contributed by atoms with Crippen LogP contribution >= 0.6 is 11.3 Å². The smallest absolute Gasteiger partial charge is 0.0701 e. The lowest BCUT2D eigenvalue weighted by molar-refractivity contribution is 0.0541. The summed E-state index contributed by atoms with van der Waals surface area (Å²) in [5.74, 6) is 0. The quantitative estimate of drug-likeness (QED) is 0.637. The zero-order valence-corrected chi connectivity index (χ0v) is 10.7. The SMILES string of the molecule is CCOCCOCCNCCc1cccs1. The molecule has 16 heavy (non-hydrogen) atoms. The highest BCUT2D eigenvalue weighted by molar-refractivity contribution is 7.09. The van der Waals surface area contributed by atoms with Crippen molar-refractivity contribution in [1.29, 1.82) is 0 Å². The molecule has 0 spiro atoms. The number of hydrogen-bond donors (Lipinski definition) is 1. The fourth-order valence-electron chi connectivity index (χ4n) is 1.30. The molecule has 0 atom stereocenters. The molecule has 1 aromatic rings. The topological polar surface area (TPSA) is 30.5 Å². The van der Waals surface area contributed by atoms with Gasteiger partial charge in [-0.1, -0.05) is 6.07 Å². The largest absolute Gasteiger partial charge is 0.379 e. The maximum absolute atomic E-state index is 5.39. The van der Waals surface area contributed by atoms with E-state index in [1.54, 1.807) is 0 Å². The van der Waals surface area contributed by atoms with Crippen LogP contribution in [0.2, 0.25) is 0 Å². The molecule has 0 radical (unpaired) electrons. The van der Waals surface area contributed by atoms with Crippen LogP contribution in [0.1, 0.15) is 11.8 Å². The Balaban J connectivity index is 1.78. The average Bonchev–Trinajstić information content (AvgIpc) is 2.80. The Morgan fingerprint density at radius 2 is 2.06 bits per heavy atom. The normalized spacial score (nSPS) is 10.8. The van der Waals surface area contributed by atoms with Crippen LogP contribution in [0.4, 0.5) is 0 Å². The van der Waals surface area contributed by atoms with Crippen LogP contribution in [0, 0.1) is 0 Å². The number of hydrogen-bond acceptors (Lipinski definition) is 4. The third kappa shape index (κ3) is 6.95. The second-order valence-corrected chi connectivity index (χ2v) is 4.42. The van der Waals surface area contributed by atoms with Crippen molar-refractivity contribution < 1.29 is 9.47 Å². The van der Waals surface area contributed by atoms with E-state index in [1.807, 2.05) is 18.3 Å². The fraction of sp³-hybridized carbons (Fsp3) is 0.667. The Morgan fingerprint density at radius 1 is 1.19 bits per heavy atom. The van der Waals surface area contributed by atoms with E-state index in [4.69, 9.17) is 9.47 Å². The van der Waals surface area contributed by atoms with Crippen molar-refractivity contribution >= 4 is 11.3 Å². The molecule has 0 aromatic carbocycles. The molecule has 0 aliphatic rings. The zero-order valence-electron chi connectivity index (χ0n) is 9.91. The highest BCUT2D eigenvalue weighted by atomic mass is 32.1. The Kier molecular flexibility index (Phi) is 8.34. The third-order valence-electron chi connectivity index (χ3n) is 2.13. The van der Waals surface area contributed by atoms with Crippen LogP contribution in [-0.2, 0) is 15.9 Å². The highest BCUT2D eigenvalue weighted by Crippen LogP contribution is 2.07. The molecule has 0 aliphatic carbocycles. The van der Waals surface area contributed by atoms with Crippen molar-refractivity contribution in [1.82, 2.24) is 5.32 Å². The van der Waals surface area contributed by atoms with E-state index < -0.39 is 0 Å². The first-order chi connectivity index (χ1) is 7.93. The van der Waals surface area contributed by atoms with Gasteiger partial charge in [-0.15, -0.1) is 11.3 Å². The minimum Gasteiger partial charge on any atom is -0.379 e. The molecule has 1 N–H and O–H groups in total. The molecule has 0 saturated heterocycles. The second-order valence-electron chi connectivity index (χ2n) is 3.39. The van der Waals surface area contributed by atoms with Crippen molar-refractivity contribution in [3.63, 3.8) is 0 Å². The zero-order chi connectivity index (χ0) is 11.5. The summed E-state index contributed by atoms with van der Waals surface area (Å²) in [5, 5.41) is 5.47. The monoisotopic (exact) mass is 243 g/mol. The molecule has 1 heterocycles. The van der Waals surface area contributed by atoms with Gasteiger partial charge in [0.25, 0.3) is 0 Å². The van der Waals surface area contributed by atoms with Crippen molar-refractivity contribution in [2.75, 3.05) is 39.5 Å². The number of rotatable bonds is 10. The molecule has 4 heteroatoms. The van der Waals surface area contributed by atoms with E-state index in [-0.39, 0.29) is 0 Å². The van der Waals surface area contributed by atoms with Gasteiger partial charge in [-0.2, -0.15) is 0 Å². The first-order valence-electron chi connectivity index (χ1n) is 5.82. The Morgan fingerprint density at radius 3 is 2.81 bits per heavy atom. The number of thiophene rings is 1. The molecule has 0 unspecified atom stereocenters. The van der Waals surface area contributed by atoms with Crippen LogP contribution in [-0.4, -0.2) is 39.5 Å². The van der Waals surface area contributed by atoms with Crippen LogP contribution < -0.4 is 5.32 Å². The summed E-state index contributed by atoms with van der Waals surface area (Å²) in [6, 6.07) is 4.27. The summed E-state index contributed by atoms with van der Waals surface area (Å²) in [5.41, 5.74) is 0. The summed E-state index contributed by atoms with van der Waals surface area (Å²) in [7, 11) is 0. The first-order valence-corrected chi connectivity index (χ1v) is 6.70. The van der Waals surface area contributed by atoms with Gasteiger partial charge in [-0.25, -0.2) is 0 Å². The Bertz CT molecular complexity index is 239. The maximum Gasteiger partial charge on any atom is 0.0701 e.